The first-order chi connectivity index (χ1) is 5.36. The van der Waals surface area contributed by atoms with Crippen molar-refractivity contribution in [3.63, 3.8) is 0 Å². The van der Waals surface area contributed by atoms with Gasteiger partial charge in [0, 0.05) is 32.7 Å². The molecule has 2 aromatic rings. The molecule has 3 heteroatoms. The van der Waals surface area contributed by atoms with Gasteiger partial charge in [-0.25, -0.2) is 0 Å². The summed E-state index contributed by atoms with van der Waals surface area (Å²) in [7, 11) is 0. The van der Waals surface area contributed by atoms with E-state index in [4.69, 9.17) is 0 Å². The van der Waals surface area contributed by atoms with Gasteiger partial charge in [-0.05, 0) is 6.07 Å². The largest absolute Gasteiger partial charge is 0.346 e. The predicted molar refractivity (Wildman–Crippen MR) is 43.4 cm³/mol. The summed E-state index contributed by atoms with van der Waals surface area (Å²) in [5, 5.41) is 1.01. The summed E-state index contributed by atoms with van der Waals surface area (Å²) >= 11 is 0. The predicted octanol–water partition coefficient (Wildman–Crippen LogP) is 1.33. The van der Waals surface area contributed by atoms with E-state index < -0.39 is 0 Å². The van der Waals surface area contributed by atoms with Gasteiger partial charge < -0.3 is 4.98 Å². The van der Waals surface area contributed by atoms with E-state index in [1.807, 2.05) is 12.1 Å². The van der Waals surface area contributed by atoms with Crippen LogP contribution in [0, 0.1) is 6.07 Å². The number of aromatic nitrogens is 1. The van der Waals surface area contributed by atoms with Crippen LogP contribution in [0.3, 0.4) is 0 Å². The number of para-hydroxylation sites is 1. The molecule has 0 aliphatic heterocycles. The Kier molecular flexibility index (Phi) is 3.18. The van der Waals surface area contributed by atoms with Crippen molar-refractivity contribution < 1.29 is 32.7 Å². The fourth-order valence-corrected chi connectivity index (χ4v) is 1.03. The standard InChI is InChI=1S/C9H6NO.Y/c11-9-6-5-7-3-1-2-4-8(7)10-9;/h1-3,5-6H,(H,10,11);/q-1;. The van der Waals surface area contributed by atoms with E-state index in [9.17, 15) is 4.79 Å². The minimum atomic E-state index is -0.0834. The Bertz CT molecular complexity index is 435. The normalized spacial score (nSPS) is 9.33. The van der Waals surface area contributed by atoms with Gasteiger partial charge in [0.25, 0.3) is 0 Å². The maximum Gasteiger partial charge on any atom is 0.245 e. The summed E-state index contributed by atoms with van der Waals surface area (Å²) in [5.74, 6) is 0. The summed E-state index contributed by atoms with van der Waals surface area (Å²) < 4.78 is 0. The molecule has 0 aliphatic carbocycles. The molecule has 0 atom stereocenters. The fraction of sp³-hybridized carbons (Fsp3) is 0. The third kappa shape index (κ3) is 1.82. The Balaban J connectivity index is 0.000000720. The van der Waals surface area contributed by atoms with Gasteiger partial charge >= 0.3 is 0 Å². The van der Waals surface area contributed by atoms with Crippen LogP contribution in [-0.2, 0) is 32.7 Å². The zero-order chi connectivity index (χ0) is 7.68. The smallest absolute Gasteiger partial charge is 0.245 e. The fourth-order valence-electron chi connectivity index (χ4n) is 1.03. The van der Waals surface area contributed by atoms with Crippen LogP contribution in [0.5, 0.6) is 0 Å². The van der Waals surface area contributed by atoms with Crippen LogP contribution in [0.1, 0.15) is 0 Å². The van der Waals surface area contributed by atoms with E-state index in [2.05, 4.69) is 11.1 Å². The molecule has 2 nitrogen and oxygen atoms in total. The van der Waals surface area contributed by atoms with E-state index in [1.165, 1.54) is 6.07 Å². The summed E-state index contributed by atoms with van der Waals surface area (Å²) in [6, 6.07) is 11.8. The number of aromatic amines is 1. The molecule has 0 spiro atoms. The third-order valence-electron chi connectivity index (χ3n) is 1.55. The van der Waals surface area contributed by atoms with Gasteiger partial charge in [-0.1, -0.05) is 5.52 Å². The second-order valence-corrected chi connectivity index (χ2v) is 2.32. The monoisotopic (exact) mass is 233 g/mol. The van der Waals surface area contributed by atoms with E-state index in [-0.39, 0.29) is 38.3 Å². The van der Waals surface area contributed by atoms with Gasteiger partial charge in [0.2, 0.25) is 5.56 Å². The van der Waals surface area contributed by atoms with Gasteiger partial charge in [0.15, 0.2) is 0 Å². The zero-order valence-corrected chi connectivity index (χ0v) is 9.21. The Labute approximate surface area is 94.9 Å². The average Bonchev–Trinajstić information content (AvgIpc) is 2.04. The quantitative estimate of drug-likeness (QED) is 0.684. The molecule has 0 bridgehead atoms. The molecule has 1 radical (unpaired) electrons. The molecule has 1 aromatic heterocycles. The van der Waals surface area contributed by atoms with Crippen LogP contribution in [0.4, 0.5) is 0 Å². The molecule has 12 heavy (non-hydrogen) atoms. The molecule has 0 fully saturated rings. The van der Waals surface area contributed by atoms with Crippen LogP contribution in [0.25, 0.3) is 10.9 Å². The number of H-pyrrole nitrogens is 1. The number of fused-ring (bicyclic) bond motifs is 1. The summed E-state index contributed by atoms with van der Waals surface area (Å²) in [4.78, 5) is 13.5. The van der Waals surface area contributed by atoms with E-state index in [0.717, 1.165) is 10.9 Å². The molecular formula is C9H6NOY-. The van der Waals surface area contributed by atoms with Gasteiger partial charge in [-0.3, -0.25) is 4.79 Å². The van der Waals surface area contributed by atoms with Crippen LogP contribution < -0.4 is 5.56 Å². The Morgan fingerprint density at radius 1 is 1.25 bits per heavy atom. The average molecular weight is 233 g/mol. The molecule has 0 saturated heterocycles. The number of nitrogens with one attached hydrogen (secondary N) is 1. The first-order valence-corrected chi connectivity index (χ1v) is 3.36. The zero-order valence-electron chi connectivity index (χ0n) is 6.37. The van der Waals surface area contributed by atoms with Crippen molar-refractivity contribution in [2.75, 3.05) is 0 Å². The molecule has 57 valence electrons. The maximum absolute atomic E-state index is 10.8. The Morgan fingerprint density at radius 3 is 2.92 bits per heavy atom. The second-order valence-electron chi connectivity index (χ2n) is 2.32. The number of hydrogen-bond acceptors (Lipinski definition) is 1. The van der Waals surface area contributed by atoms with Crippen LogP contribution >= 0.6 is 0 Å². The molecule has 0 aliphatic rings. The van der Waals surface area contributed by atoms with E-state index in [0.29, 0.717) is 0 Å². The van der Waals surface area contributed by atoms with Crippen molar-refractivity contribution in [3.05, 3.63) is 46.8 Å². The van der Waals surface area contributed by atoms with Crippen LogP contribution in [0.15, 0.2) is 35.1 Å². The number of hydrogen-bond donors (Lipinski definition) is 1. The number of pyridine rings is 1. The minimum Gasteiger partial charge on any atom is -0.346 e. The molecular weight excluding hydrogens is 227 g/mol. The molecule has 1 N–H and O–H groups in total. The molecule has 0 amide bonds. The van der Waals surface area contributed by atoms with Crippen molar-refractivity contribution in [1.29, 1.82) is 0 Å². The molecule has 2 rings (SSSR count). The maximum atomic E-state index is 10.8. The van der Waals surface area contributed by atoms with Crippen molar-refractivity contribution in [3.8, 4) is 0 Å². The van der Waals surface area contributed by atoms with E-state index in [1.54, 1.807) is 12.1 Å². The first-order valence-electron chi connectivity index (χ1n) is 3.36. The van der Waals surface area contributed by atoms with Crippen molar-refractivity contribution >= 4 is 10.9 Å². The van der Waals surface area contributed by atoms with Gasteiger partial charge in [-0.2, -0.15) is 24.3 Å². The van der Waals surface area contributed by atoms with Crippen LogP contribution in [0.2, 0.25) is 0 Å². The van der Waals surface area contributed by atoms with E-state index >= 15 is 0 Å². The van der Waals surface area contributed by atoms with Gasteiger partial charge in [0.1, 0.15) is 0 Å². The second kappa shape index (κ2) is 3.97. The first kappa shape index (κ1) is 9.62. The Hall–Kier alpha value is -0.466. The van der Waals surface area contributed by atoms with Gasteiger partial charge in [0.05, 0.1) is 0 Å². The molecule has 0 saturated carbocycles. The SMILES string of the molecule is O=c1ccc2ccc[c-]c2[nH]1.[Y]. The summed E-state index contributed by atoms with van der Waals surface area (Å²) in [6.45, 7) is 0. The molecule has 1 aromatic carbocycles. The van der Waals surface area contributed by atoms with Crippen molar-refractivity contribution in [2.45, 2.75) is 0 Å². The van der Waals surface area contributed by atoms with Crippen molar-refractivity contribution in [1.82, 2.24) is 4.98 Å². The minimum absolute atomic E-state index is 0. The van der Waals surface area contributed by atoms with Crippen molar-refractivity contribution in [2.24, 2.45) is 0 Å². The van der Waals surface area contributed by atoms with Gasteiger partial charge in [-0.15, -0.1) is 11.5 Å². The third-order valence-corrected chi connectivity index (χ3v) is 1.55. The topological polar surface area (TPSA) is 32.9 Å². The number of benzene rings is 1. The Morgan fingerprint density at radius 2 is 2.08 bits per heavy atom. The summed E-state index contributed by atoms with van der Waals surface area (Å²) in [5.41, 5.74) is 0.681. The van der Waals surface area contributed by atoms with Crippen LogP contribution in [-0.4, -0.2) is 4.98 Å². The summed E-state index contributed by atoms with van der Waals surface area (Å²) in [6.07, 6.45) is 0. The molecule has 1 heterocycles. The number of rotatable bonds is 0. The molecule has 0 unspecified atom stereocenters.